The number of aromatic amines is 1. The van der Waals surface area contributed by atoms with Gasteiger partial charge in [0, 0.05) is 10.6 Å². The number of aromatic nitrogens is 2. The average molecular weight is 209 g/mol. The van der Waals surface area contributed by atoms with Crippen LogP contribution in [0.25, 0.3) is 11.3 Å². The summed E-state index contributed by atoms with van der Waals surface area (Å²) in [6.45, 7) is -0.0537. The molecule has 0 atom stereocenters. The Bertz CT molecular complexity index is 439. The molecule has 3 nitrogen and oxygen atoms in total. The van der Waals surface area contributed by atoms with Crippen molar-refractivity contribution in [2.45, 2.75) is 6.61 Å². The SMILES string of the molecule is OCc1[nH]cnc1-c1cccc(Cl)c1. The van der Waals surface area contributed by atoms with E-state index in [9.17, 15) is 0 Å². The lowest BCUT2D eigenvalue weighted by molar-refractivity contribution is 0.278. The van der Waals surface area contributed by atoms with Crippen molar-refractivity contribution in [2.75, 3.05) is 0 Å². The minimum absolute atomic E-state index is 0.0537. The molecule has 4 heteroatoms. The zero-order valence-corrected chi connectivity index (χ0v) is 8.12. The van der Waals surface area contributed by atoms with Crippen molar-refractivity contribution in [3.63, 3.8) is 0 Å². The normalized spacial score (nSPS) is 10.4. The zero-order chi connectivity index (χ0) is 9.97. The van der Waals surface area contributed by atoms with Gasteiger partial charge >= 0.3 is 0 Å². The standard InChI is InChI=1S/C10H9ClN2O/c11-8-3-1-2-7(4-8)10-9(5-14)12-6-13-10/h1-4,6,14H,5H2,(H,12,13). The number of imidazole rings is 1. The number of aliphatic hydroxyl groups excluding tert-OH is 1. The second-order valence-electron chi connectivity index (χ2n) is 2.90. The van der Waals surface area contributed by atoms with Crippen LogP contribution in [-0.2, 0) is 6.61 Å². The van der Waals surface area contributed by atoms with Crippen LogP contribution < -0.4 is 0 Å². The van der Waals surface area contributed by atoms with Crippen LogP contribution in [0, 0.1) is 0 Å². The van der Waals surface area contributed by atoms with Crippen LogP contribution in [0.4, 0.5) is 0 Å². The number of halogens is 1. The summed E-state index contributed by atoms with van der Waals surface area (Å²) in [5.74, 6) is 0. The van der Waals surface area contributed by atoms with E-state index in [1.54, 1.807) is 12.4 Å². The number of H-pyrrole nitrogens is 1. The molecule has 0 aliphatic carbocycles. The zero-order valence-electron chi connectivity index (χ0n) is 7.37. The van der Waals surface area contributed by atoms with Crippen LogP contribution >= 0.6 is 11.6 Å². The summed E-state index contributed by atoms with van der Waals surface area (Å²) in [6.07, 6.45) is 1.56. The Morgan fingerprint density at radius 2 is 2.29 bits per heavy atom. The van der Waals surface area contributed by atoms with E-state index < -0.39 is 0 Å². The summed E-state index contributed by atoms with van der Waals surface area (Å²) < 4.78 is 0. The van der Waals surface area contributed by atoms with E-state index in [2.05, 4.69) is 9.97 Å². The highest BCUT2D eigenvalue weighted by Crippen LogP contribution is 2.23. The fourth-order valence-electron chi connectivity index (χ4n) is 1.33. The number of nitrogens with one attached hydrogen (secondary N) is 1. The van der Waals surface area contributed by atoms with E-state index in [0.29, 0.717) is 10.7 Å². The largest absolute Gasteiger partial charge is 0.390 e. The van der Waals surface area contributed by atoms with Crippen LogP contribution in [0.3, 0.4) is 0 Å². The van der Waals surface area contributed by atoms with Gasteiger partial charge in [0.15, 0.2) is 0 Å². The first-order valence-corrected chi connectivity index (χ1v) is 4.58. The molecule has 1 aromatic carbocycles. The van der Waals surface area contributed by atoms with Crippen LogP contribution in [0.2, 0.25) is 5.02 Å². The number of rotatable bonds is 2. The first kappa shape index (κ1) is 9.24. The minimum atomic E-state index is -0.0537. The third-order valence-corrected chi connectivity index (χ3v) is 2.21. The van der Waals surface area contributed by atoms with Gasteiger partial charge in [-0.2, -0.15) is 0 Å². The molecule has 72 valence electrons. The molecular formula is C10H9ClN2O. The summed E-state index contributed by atoms with van der Waals surface area (Å²) in [7, 11) is 0. The fourth-order valence-corrected chi connectivity index (χ4v) is 1.52. The van der Waals surface area contributed by atoms with Crippen molar-refractivity contribution in [1.29, 1.82) is 0 Å². The lowest BCUT2D eigenvalue weighted by Gasteiger charge is -2.00. The van der Waals surface area contributed by atoms with E-state index in [1.807, 2.05) is 18.2 Å². The van der Waals surface area contributed by atoms with Crippen LogP contribution in [-0.4, -0.2) is 15.1 Å². The number of aliphatic hydroxyl groups is 1. The molecule has 0 saturated carbocycles. The second-order valence-corrected chi connectivity index (χ2v) is 3.33. The molecule has 2 aromatic rings. The Kier molecular flexibility index (Phi) is 2.52. The monoisotopic (exact) mass is 208 g/mol. The van der Waals surface area contributed by atoms with Crippen LogP contribution in [0.1, 0.15) is 5.69 Å². The molecule has 2 rings (SSSR count). The third kappa shape index (κ3) is 1.64. The lowest BCUT2D eigenvalue weighted by Crippen LogP contribution is -1.87. The van der Waals surface area contributed by atoms with Gasteiger partial charge in [0.25, 0.3) is 0 Å². The van der Waals surface area contributed by atoms with Gasteiger partial charge in [-0.25, -0.2) is 4.98 Å². The maximum Gasteiger partial charge on any atom is 0.0937 e. The Morgan fingerprint density at radius 1 is 1.43 bits per heavy atom. The van der Waals surface area contributed by atoms with Gasteiger partial charge in [-0.3, -0.25) is 0 Å². The molecule has 0 saturated heterocycles. The number of benzene rings is 1. The predicted octanol–water partition coefficient (Wildman–Crippen LogP) is 2.22. The molecule has 0 aliphatic heterocycles. The first-order chi connectivity index (χ1) is 6.81. The van der Waals surface area contributed by atoms with Gasteiger partial charge in [0.2, 0.25) is 0 Å². The summed E-state index contributed by atoms with van der Waals surface area (Å²) in [5.41, 5.74) is 2.35. The molecule has 0 bridgehead atoms. The maximum atomic E-state index is 9.03. The molecule has 14 heavy (non-hydrogen) atoms. The number of hydrogen-bond donors (Lipinski definition) is 2. The van der Waals surface area contributed by atoms with Gasteiger partial charge in [0.05, 0.1) is 24.3 Å². The highest BCUT2D eigenvalue weighted by Gasteiger charge is 2.06. The summed E-state index contributed by atoms with van der Waals surface area (Å²) >= 11 is 5.86. The molecule has 0 spiro atoms. The fraction of sp³-hybridized carbons (Fsp3) is 0.100. The molecule has 0 unspecified atom stereocenters. The van der Waals surface area contributed by atoms with Gasteiger partial charge in [-0.05, 0) is 12.1 Å². The maximum absolute atomic E-state index is 9.03. The predicted molar refractivity (Wildman–Crippen MR) is 55.0 cm³/mol. The molecule has 0 fully saturated rings. The van der Waals surface area contributed by atoms with Crippen molar-refractivity contribution >= 4 is 11.6 Å². The molecule has 2 N–H and O–H groups in total. The highest BCUT2D eigenvalue weighted by molar-refractivity contribution is 6.30. The highest BCUT2D eigenvalue weighted by atomic mass is 35.5. The van der Waals surface area contributed by atoms with Crippen molar-refractivity contribution in [3.05, 3.63) is 41.3 Å². The van der Waals surface area contributed by atoms with Crippen LogP contribution in [0.15, 0.2) is 30.6 Å². The molecule has 0 aliphatic rings. The molecule has 1 aromatic heterocycles. The molecule has 0 amide bonds. The van der Waals surface area contributed by atoms with E-state index in [0.717, 1.165) is 11.3 Å². The van der Waals surface area contributed by atoms with Crippen LogP contribution in [0.5, 0.6) is 0 Å². The third-order valence-electron chi connectivity index (χ3n) is 1.97. The van der Waals surface area contributed by atoms with E-state index in [4.69, 9.17) is 16.7 Å². The topological polar surface area (TPSA) is 48.9 Å². The van der Waals surface area contributed by atoms with Gasteiger partial charge in [0.1, 0.15) is 0 Å². The Labute approximate surface area is 86.4 Å². The minimum Gasteiger partial charge on any atom is -0.390 e. The lowest BCUT2D eigenvalue weighted by atomic mass is 10.1. The van der Waals surface area contributed by atoms with E-state index in [1.165, 1.54) is 0 Å². The molecule has 0 radical (unpaired) electrons. The number of nitrogens with zero attached hydrogens (tertiary/aromatic N) is 1. The average Bonchev–Trinajstić information content (AvgIpc) is 2.65. The van der Waals surface area contributed by atoms with Gasteiger partial charge < -0.3 is 10.1 Å². The molecule has 1 heterocycles. The van der Waals surface area contributed by atoms with E-state index in [-0.39, 0.29) is 6.61 Å². The Balaban J connectivity index is 2.49. The van der Waals surface area contributed by atoms with Crippen molar-refractivity contribution < 1.29 is 5.11 Å². The Hall–Kier alpha value is -1.32. The summed E-state index contributed by atoms with van der Waals surface area (Å²) in [6, 6.07) is 7.38. The second kappa shape index (κ2) is 3.82. The van der Waals surface area contributed by atoms with E-state index >= 15 is 0 Å². The molecular weight excluding hydrogens is 200 g/mol. The quantitative estimate of drug-likeness (QED) is 0.795. The van der Waals surface area contributed by atoms with Gasteiger partial charge in [-0.15, -0.1) is 0 Å². The first-order valence-electron chi connectivity index (χ1n) is 4.20. The smallest absolute Gasteiger partial charge is 0.0937 e. The van der Waals surface area contributed by atoms with Crippen molar-refractivity contribution in [3.8, 4) is 11.3 Å². The summed E-state index contributed by atoms with van der Waals surface area (Å²) in [5, 5.41) is 9.70. The van der Waals surface area contributed by atoms with Crippen molar-refractivity contribution in [2.24, 2.45) is 0 Å². The number of hydrogen-bond acceptors (Lipinski definition) is 2. The Morgan fingerprint density at radius 3 is 3.00 bits per heavy atom. The summed E-state index contributed by atoms with van der Waals surface area (Å²) in [4.78, 5) is 6.99. The van der Waals surface area contributed by atoms with Crippen molar-refractivity contribution in [1.82, 2.24) is 9.97 Å². The van der Waals surface area contributed by atoms with Gasteiger partial charge in [-0.1, -0.05) is 23.7 Å².